The summed E-state index contributed by atoms with van der Waals surface area (Å²) in [6.45, 7) is 0. The van der Waals surface area contributed by atoms with E-state index < -0.39 is 4.92 Å². The molecule has 0 bridgehead atoms. The number of nitrogens with two attached hydrogens (primary N) is 1. The lowest BCUT2D eigenvalue weighted by Crippen LogP contribution is -2.02. The summed E-state index contributed by atoms with van der Waals surface area (Å²) < 4.78 is 0.672. The molecule has 0 aliphatic heterocycles. The number of anilines is 3. The summed E-state index contributed by atoms with van der Waals surface area (Å²) >= 11 is 9.14. The Morgan fingerprint density at radius 3 is 2.74 bits per heavy atom. The van der Waals surface area contributed by atoms with Gasteiger partial charge in [0.2, 0.25) is 5.82 Å². The Hall–Kier alpha value is -1.86. The number of aromatic nitrogens is 1. The first-order chi connectivity index (χ1) is 8.97. The molecular formula is C11H8BrClN4O2. The second-order valence-electron chi connectivity index (χ2n) is 3.61. The summed E-state index contributed by atoms with van der Waals surface area (Å²) in [7, 11) is 0. The minimum atomic E-state index is -0.528. The van der Waals surface area contributed by atoms with Gasteiger partial charge in [-0.05, 0) is 40.2 Å². The van der Waals surface area contributed by atoms with Crippen LogP contribution >= 0.6 is 27.5 Å². The highest BCUT2D eigenvalue weighted by Crippen LogP contribution is 2.30. The minimum Gasteiger partial charge on any atom is -0.384 e. The molecule has 0 radical (unpaired) electrons. The number of benzene rings is 1. The normalized spacial score (nSPS) is 10.2. The average Bonchev–Trinajstić information content (AvgIpc) is 2.33. The SMILES string of the molecule is Nc1ccc([N+](=O)[O-])c(Nc2ccc(Cl)c(Br)c2)n1. The second-order valence-corrected chi connectivity index (χ2v) is 4.88. The minimum absolute atomic E-state index is 0.0826. The summed E-state index contributed by atoms with van der Waals surface area (Å²) in [6.07, 6.45) is 0. The molecule has 1 aromatic carbocycles. The number of hydrogen-bond donors (Lipinski definition) is 2. The number of nitrogens with one attached hydrogen (secondary N) is 1. The molecule has 3 N–H and O–H groups in total. The molecule has 1 heterocycles. The van der Waals surface area contributed by atoms with Crippen LogP contribution in [-0.4, -0.2) is 9.91 Å². The van der Waals surface area contributed by atoms with Gasteiger partial charge in [0.05, 0.1) is 9.95 Å². The molecule has 0 spiro atoms. The quantitative estimate of drug-likeness (QED) is 0.654. The third kappa shape index (κ3) is 3.12. The zero-order chi connectivity index (χ0) is 14.0. The van der Waals surface area contributed by atoms with Crippen molar-refractivity contribution in [2.75, 3.05) is 11.1 Å². The van der Waals surface area contributed by atoms with Gasteiger partial charge in [-0.1, -0.05) is 11.6 Å². The third-order valence-electron chi connectivity index (χ3n) is 2.27. The van der Waals surface area contributed by atoms with Gasteiger partial charge < -0.3 is 11.1 Å². The number of nitrogens with zero attached hydrogens (tertiary/aromatic N) is 2. The van der Waals surface area contributed by atoms with Gasteiger partial charge in [0.1, 0.15) is 5.82 Å². The summed E-state index contributed by atoms with van der Waals surface area (Å²) in [5, 5.41) is 14.3. The molecule has 0 fully saturated rings. The van der Waals surface area contributed by atoms with E-state index in [1.165, 1.54) is 12.1 Å². The van der Waals surface area contributed by atoms with Crippen molar-refractivity contribution in [1.82, 2.24) is 4.98 Å². The lowest BCUT2D eigenvalue weighted by molar-refractivity contribution is -0.384. The Bertz CT molecular complexity index is 651. The van der Waals surface area contributed by atoms with Crippen molar-refractivity contribution in [3.63, 3.8) is 0 Å². The molecule has 0 aliphatic rings. The van der Waals surface area contributed by atoms with Crippen molar-refractivity contribution in [2.24, 2.45) is 0 Å². The lowest BCUT2D eigenvalue weighted by Gasteiger charge is -2.07. The summed E-state index contributed by atoms with van der Waals surface area (Å²) in [5.74, 6) is 0.278. The monoisotopic (exact) mass is 342 g/mol. The zero-order valence-electron chi connectivity index (χ0n) is 9.43. The standard InChI is InChI=1S/C11H8BrClN4O2/c12-7-5-6(1-2-8(7)13)15-11-9(17(18)19)3-4-10(14)16-11/h1-5H,(H3,14,15,16). The highest BCUT2D eigenvalue weighted by molar-refractivity contribution is 9.10. The molecular weight excluding hydrogens is 336 g/mol. The number of nitro groups is 1. The lowest BCUT2D eigenvalue weighted by atomic mass is 10.3. The number of rotatable bonds is 3. The maximum atomic E-state index is 10.9. The van der Waals surface area contributed by atoms with Gasteiger partial charge in [0.15, 0.2) is 0 Å². The van der Waals surface area contributed by atoms with Crippen molar-refractivity contribution in [3.8, 4) is 0 Å². The van der Waals surface area contributed by atoms with Crippen LogP contribution in [-0.2, 0) is 0 Å². The molecule has 2 rings (SSSR count). The Balaban J connectivity index is 2.39. The summed E-state index contributed by atoms with van der Waals surface area (Å²) in [4.78, 5) is 14.3. The molecule has 0 amide bonds. The van der Waals surface area contributed by atoms with Crippen LogP contribution < -0.4 is 11.1 Å². The first-order valence-electron chi connectivity index (χ1n) is 5.10. The van der Waals surface area contributed by atoms with Crippen LogP contribution in [0.25, 0.3) is 0 Å². The average molecular weight is 344 g/mol. The van der Waals surface area contributed by atoms with Crippen molar-refractivity contribution < 1.29 is 4.92 Å². The molecule has 0 saturated heterocycles. The van der Waals surface area contributed by atoms with Crippen LogP contribution in [0.15, 0.2) is 34.8 Å². The molecule has 0 aliphatic carbocycles. The van der Waals surface area contributed by atoms with Gasteiger partial charge in [-0.25, -0.2) is 4.98 Å². The Kier molecular flexibility index (Phi) is 3.87. The van der Waals surface area contributed by atoms with Crippen LogP contribution in [0.2, 0.25) is 5.02 Å². The number of nitrogen functional groups attached to an aromatic ring is 1. The van der Waals surface area contributed by atoms with E-state index in [0.717, 1.165) is 0 Å². The van der Waals surface area contributed by atoms with E-state index in [1.807, 2.05) is 0 Å². The first kappa shape index (κ1) is 13.6. The van der Waals surface area contributed by atoms with Crippen molar-refractivity contribution in [1.29, 1.82) is 0 Å². The molecule has 0 unspecified atom stereocenters. The van der Waals surface area contributed by atoms with E-state index in [9.17, 15) is 10.1 Å². The largest absolute Gasteiger partial charge is 0.384 e. The van der Waals surface area contributed by atoms with Crippen LogP contribution in [0.4, 0.5) is 23.0 Å². The van der Waals surface area contributed by atoms with Gasteiger partial charge >= 0.3 is 5.69 Å². The van der Waals surface area contributed by atoms with E-state index in [1.54, 1.807) is 18.2 Å². The molecule has 0 atom stereocenters. The van der Waals surface area contributed by atoms with Gasteiger partial charge in [-0.15, -0.1) is 0 Å². The highest BCUT2D eigenvalue weighted by atomic mass is 79.9. The Labute approximate surface area is 121 Å². The van der Waals surface area contributed by atoms with Crippen LogP contribution in [0.3, 0.4) is 0 Å². The second kappa shape index (κ2) is 5.41. The molecule has 2 aromatic rings. The van der Waals surface area contributed by atoms with Crippen molar-refractivity contribution >= 4 is 50.5 Å². The molecule has 0 saturated carbocycles. The number of halogens is 2. The zero-order valence-corrected chi connectivity index (χ0v) is 11.8. The van der Waals surface area contributed by atoms with E-state index in [-0.39, 0.29) is 17.3 Å². The van der Waals surface area contributed by atoms with E-state index in [2.05, 4.69) is 26.2 Å². The van der Waals surface area contributed by atoms with Crippen molar-refractivity contribution in [2.45, 2.75) is 0 Å². The molecule has 1 aromatic heterocycles. The predicted molar refractivity (Wildman–Crippen MR) is 77.7 cm³/mol. The highest BCUT2D eigenvalue weighted by Gasteiger charge is 2.15. The molecule has 8 heteroatoms. The fraction of sp³-hybridized carbons (Fsp3) is 0. The maximum absolute atomic E-state index is 10.9. The first-order valence-corrected chi connectivity index (χ1v) is 6.27. The topological polar surface area (TPSA) is 94.1 Å². The van der Waals surface area contributed by atoms with E-state index in [4.69, 9.17) is 17.3 Å². The van der Waals surface area contributed by atoms with Gasteiger partial charge in [0, 0.05) is 16.2 Å². The van der Waals surface area contributed by atoms with Gasteiger partial charge in [-0.3, -0.25) is 10.1 Å². The fourth-order valence-electron chi connectivity index (χ4n) is 1.42. The summed E-state index contributed by atoms with van der Waals surface area (Å²) in [6, 6.07) is 7.71. The third-order valence-corrected chi connectivity index (χ3v) is 3.49. The van der Waals surface area contributed by atoms with Crippen LogP contribution in [0.5, 0.6) is 0 Å². The smallest absolute Gasteiger partial charge is 0.311 e. The van der Waals surface area contributed by atoms with Crippen LogP contribution in [0, 0.1) is 10.1 Å². The Morgan fingerprint density at radius 1 is 1.37 bits per heavy atom. The molecule has 6 nitrogen and oxygen atoms in total. The van der Waals surface area contributed by atoms with Gasteiger partial charge in [-0.2, -0.15) is 0 Å². The van der Waals surface area contributed by atoms with E-state index >= 15 is 0 Å². The molecule has 19 heavy (non-hydrogen) atoms. The van der Waals surface area contributed by atoms with E-state index in [0.29, 0.717) is 15.2 Å². The van der Waals surface area contributed by atoms with Gasteiger partial charge in [0.25, 0.3) is 0 Å². The van der Waals surface area contributed by atoms with Crippen molar-refractivity contribution in [3.05, 3.63) is 49.9 Å². The summed E-state index contributed by atoms with van der Waals surface area (Å²) in [5.41, 5.74) is 5.99. The number of pyridine rings is 1. The Morgan fingerprint density at radius 2 is 2.11 bits per heavy atom. The molecule has 98 valence electrons. The predicted octanol–water partition coefficient (Wildman–Crippen LogP) is 3.73. The fourth-order valence-corrected chi connectivity index (χ4v) is 1.91. The maximum Gasteiger partial charge on any atom is 0.311 e. The number of hydrogen-bond acceptors (Lipinski definition) is 5. The van der Waals surface area contributed by atoms with Crippen LogP contribution in [0.1, 0.15) is 0 Å².